The van der Waals surface area contributed by atoms with Gasteiger partial charge < -0.3 is 14.6 Å². The van der Waals surface area contributed by atoms with Crippen LogP contribution in [-0.2, 0) is 7.05 Å². The van der Waals surface area contributed by atoms with Gasteiger partial charge in [0.2, 0.25) is 0 Å². The van der Waals surface area contributed by atoms with Gasteiger partial charge in [0, 0.05) is 32.4 Å². The molecule has 0 radical (unpaired) electrons. The maximum Gasteiger partial charge on any atom is 0.270 e. The van der Waals surface area contributed by atoms with E-state index in [1.54, 1.807) is 16.8 Å². The van der Waals surface area contributed by atoms with Crippen molar-refractivity contribution in [2.45, 2.75) is 31.7 Å². The molecule has 1 unspecified atom stereocenters. The van der Waals surface area contributed by atoms with E-state index in [1.807, 2.05) is 11.9 Å². The fourth-order valence-electron chi connectivity index (χ4n) is 2.61. The SMILES string of the molecule is Cn1cc(Cl)cc1C(=O)N1CCCC1CCCO. The molecule has 18 heavy (non-hydrogen) atoms. The third kappa shape index (κ3) is 2.70. The van der Waals surface area contributed by atoms with E-state index >= 15 is 0 Å². The fraction of sp³-hybridized carbons (Fsp3) is 0.615. The number of carbonyl (C=O) groups is 1. The van der Waals surface area contributed by atoms with Crippen LogP contribution in [0.5, 0.6) is 0 Å². The largest absolute Gasteiger partial charge is 0.396 e. The highest BCUT2D eigenvalue weighted by molar-refractivity contribution is 6.31. The molecule has 1 aliphatic rings. The summed E-state index contributed by atoms with van der Waals surface area (Å²) < 4.78 is 1.77. The van der Waals surface area contributed by atoms with E-state index < -0.39 is 0 Å². The molecule has 1 aromatic heterocycles. The van der Waals surface area contributed by atoms with Crippen molar-refractivity contribution in [3.63, 3.8) is 0 Å². The molecule has 0 aromatic carbocycles. The molecule has 0 spiro atoms. The van der Waals surface area contributed by atoms with Gasteiger partial charge >= 0.3 is 0 Å². The second kappa shape index (κ2) is 5.76. The molecular weight excluding hydrogens is 252 g/mol. The van der Waals surface area contributed by atoms with Crippen LogP contribution in [0.1, 0.15) is 36.2 Å². The molecule has 1 aromatic rings. The van der Waals surface area contributed by atoms with Gasteiger partial charge in [-0.3, -0.25) is 4.79 Å². The summed E-state index contributed by atoms with van der Waals surface area (Å²) in [5, 5.41) is 9.48. The van der Waals surface area contributed by atoms with Crippen LogP contribution >= 0.6 is 11.6 Å². The van der Waals surface area contributed by atoms with Gasteiger partial charge in [-0.15, -0.1) is 0 Å². The Morgan fingerprint density at radius 2 is 2.39 bits per heavy atom. The molecule has 1 N–H and O–H groups in total. The summed E-state index contributed by atoms with van der Waals surface area (Å²) in [6.07, 6.45) is 5.44. The number of aryl methyl sites for hydroxylation is 1. The van der Waals surface area contributed by atoms with Crippen LogP contribution in [0.2, 0.25) is 5.02 Å². The summed E-state index contributed by atoms with van der Waals surface area (Å²) >= 11 is 5.91. The van der Waals surface area contributed by atoms with Crippen LogP contribution in [0.4, 0.5) is 0 Å². The molecule has 0 bridgehead atoms. The highest BCUT2D eigenvalue weighted by Gasteiger charge is 2.30. The maximum absolute atomic E-state index is 12.4. The van der Waals surface area contributed by atoms with Crippen LogP contribution in [0, 0.1) is 0 Å². The topological polar surface area (TPSA) is 45.5 Å². The average molecular weight is 271 g/mol. The maximum atomic E-state index is 12.4. The summed E-state index contributed by atoms with van der Waals surface area (Å²) in [5.41, 5.74) is 0.635. The van der Waals surface area contributed by atoms with Gasteiger partial charge in [0.25, 0.3) is 5.91 Å². The monoisotopic (exact) mass is 270 g/mol. The number of hydrogen-bond acceptors (Lipinski definition) is 2. The summed E-state index contributed by atoms with van der Waals surface area (Å²) in [7, 11) is 1.83. The van der Waals surface area contributed by atoms with Crippen LogP contribution < -0.4 is 0 Å². The van der Waals surface area contributed by atoms with E-state index in [1.165, 1.54) is 0 Å². The summed E-state index contributed by atoms with van der Waals surface area (Å²) in [4.78, 5) is 14.4. The van der Waals surface area contributed by atoms with Gasteiger partial charge in [0.15, 0.2) is 0 Å². The third-order valence-electron chi connectivity index (χ3n) is 3.52. The van der Waals surface area contributed by atoms with Crippen molar-refractivity contribution < 1.29 is 9.90 Å². The third-order valence-corrected chi connectivity index (χ3v) is 3.73. The molecule has 2 heterocycles. The van der Waals surface area contributed by atoms with E-state index in [0.717, 1.165) is 32.2 Å². The minimum Gasteiger partial charge on any atom is -0.396 e. The van der Waals surface area contributed by atoms with E-state index in [2.05, 4.69) is 0 Å². The van der Waals surface area contributed by atoms with Gasteiger partial charge in [0.05, 0.1) is 5.02 Å². The molecule has 1 fully saturated rings. The zero-order valence-electron chi connectivity index (χ0n) is 10.6. The summed E-state index contributed by atoms with van der Waals surface area (Å²) in [6.45, 7) is 0.992. The molecule has 2 rings (SSSR count). The molecule has 1 aliphatic heterocycles. The van der Waals surface area contributed by atoms with Crippen molar-refractivity contribution in [2.24, 2.45) is 7.05 Å². The van der Waals surface area contributed by atoms with E-state index in [4.69, 9.17) is 16.7 Å². The zero-order valence-corrected chi connectivity index (χ0v) is 11.4. The van der Waals surface area contributed by atoms with Crippen molar-refractivity contribution in [2.75, 3.05) is 13.2 Å². The van der Waals surface area contributed by atoms with Gasteiger partial charge in [-0.05, 0) is 31.7 Å². The van der Waals surface area contributed by atoms with Crippen molar-refractivity contribution >= 4 is 17.5 Å². The molecule has 100 valence electrons. The standard InChI is InChI=1S/C13H19ClN2O2/c1-15-9-10(14)8-12(15)13(18)16-6-2-4-11(16)5-3-7-17/h8-9,11,17H,2-7H2,1H3. The first-order valence-corrected chi connectivity index (χ1v) is 6.75. The molecule has 0 saturated carbocycles. The van der Waals surface area contributed by atoms with Crippen molar-refractivity contribution in [1.29, 1.82) is 0 Å². The van der Waals surface area contributed by atoms with Crippen LogP contribution in [0.25, 0.3) is 0 Å². The number of carbonyl (C=O) groups excluding carboxylic acids is 1. The predicted molar refractivity (Wildman–Crippen MR) is 70.8 cm³/mol. The Hall–Kier alpha value is -1.00. The quantitative estimate of drug-likeness (QED) is 0.910. The first kappa shape index (κ1) is 13.4. The first-order chi connectivity index (χ1) is 8.63. The number of hydrogen-bond donors (Lipinski definition) is 1. The smallest absolute Gasteiger partial charge is 0.270 e. The molecule has 5 heteroatoms. The predicted octanol–water partition coefficient (Wildman–Crippen LogP) is 2.06. The molecule has 1 atom stereocenters. The molecule has 1 amide bonds. The van der Waals surface area contributed by atoms with Crippen molar-refractivity contribution in [1.82, 2.24) is 9.47 Å². The van der Waals surface area contributed by atoms with Gasteiger partial charge in [0.1, 0.15) is 5.69 Å². The fourth-order valence-corrected chi connectivity index (χ4v) is 2.86. The number of halogens is 1. The Balaban J connectivity index is 2.10. The Bertz CT molecular complexity index is 431. The van der Waals surface area contributed by atoms with E-state index in [-0.39, 0.29) is 18.6 Å². The number of aliphatic hydroxyl groups excluding tert-OH is 1. The van der Waals surface area contributed by atoms with Crippen LogP contribution in [-0.4, -0.2) is 39.7 Å². The normalized spacial score (nSPS) is 19.5. The second-order valence-electron chi connectivity index (χ2n) is 4.81. The number of nitrogens with zero attached hydrogens (tertiary/aromatic N) is 2. The molecule has 4 nitrogen and oxygen atoms in total. The summed E-state index contributed by atoms with van der Waals surface area (Å²) in [5.74, 6) is 0.0461. The Labute approximate surface area is 112 Å². The minimum absolute atomic E-state index is 0.0461. The summed E-state index contributed by atoms with van der Waals surface area (Å²) in [6, 6.07) is 1.98. The Morgan fingerprint density at radius 1 is 1.61 bits per heavy atom. The number of aliphatic hydroxyl groups is 1. The Kier molecular flexibility index (Phi) is 4.30. The lowest BCUT2D eigenvalue weighted by Gasteiger charge is -2.24. The lowest BCUT2D eigenvalue weighted by Crippen LogP contribution is -2.36. The van der Waals surface area contributed by atoms with Crippen molar-refractivity contribution in [3.8, 4) is 0 Å². The van der Waals surface area contributed by atoms with E-state index in [0.29, 0.717) is 10.7 Å². The molecule has 1 saturated heterocycles. The van der Waals surface area contributed by atoms with Gasteiger partial charge in [-0.2, -0.15) is 0 Å². The lowest BCUT2D eigenvalue weighted by molar-refractivity contribution is 0.0715. The van der Waals surface area contributed by atoms with Crippen LogP contribution in [0.3, 0.4) is 0 Å². The average Bonchev–Trinajstić information content (AvgIpc) is 2.92. The minimum atomic E-state index is 0.0461. The Morgan fingerprint density at radius 3 is 3.00 bits per heavy atom. The van der Waals surface area contributed by atoms with Gasteiger partial charge in [-0.25, -0.2) is 0 Å². The number of likely N-dealkylation sites (tertiary alicyclic amines) is 1. The lowest BCUT2D eigenvalue weighted by atomic mass is 10.1. The zero-order chi connectivity index (χ0) is 13.1. The highest BCUT2D eigenvalue weighted by atomic mass is 35.5. The second-order valence-corrected chi connectivity index (χ2v) is 5.25. The van der Waals surface area contributed by atoms with E-state index in [9.17, 15) is 4.79 Å². The first-order valence-electron chi connectivity index (χ1n) is 6.37. The van der Waals surface area contributed by atoms with Crippen molar-refractivity contribution in [3.05, 3.63) is 23.0 Å². The number of rotatable bonds is 4. The van der Waals surface area contributed by atoms with Gasteiger partial charge in [-0.1, -0.05) is 11.6 Å². The highest BCUT2D eigenvalue weighted by Crippen LogP contribution is 2.24. The van der Waals surface area contributed by atoms with Crippen LogP contribution in [0.15, 0.2) is 12.3 Å². The number of aromatic nitrogens is 1. The molecule has 0 aliphatic carbocycles. The molecular formula is C13H19ClN2O2. The number of amides is 1.